The highest BCUT2D eigenvalue weighted by Gasteiger charge is 2.21. The number of amides is 1. The van der Waals surface area contributed by atoms with Crippen LogP contribution in [-0.4, -0.2) is 41.2 Å². The van der Waals surface area contributed by atoms with E-state index in [0.717, 1.165) is 63.7 Å². The molecule has 0 aromatic heterocycles. The Hall–Kier alpha value is -2.27. The van der Waals surface area contributed by atoms with Crippen LogP contribution in [0.5, 0.6) is 0 Å². The zero-order valence-electron chi connectivity index (χ0n) is 18.0. The fourth-order valence-electron chi connectivity index (χ4n) is 4.22. The minimum atomic E-state index is 0.102. The summed E-state index contributed by atoms with van der Waals surface area (Å²) < 4.78 is 0. The lowest BCUT2D eigenvalue weighted by Crippen LogP contribution is -2.38. The van der Waals surface area contributed by atoms with Crippen molar-refractivity contribution in [3.05, 3.63) is 63.2 Å². The van der Waals surface area contributed by atoms with Crippen LogP contribution in [0.1, 0.15) is 55.5 Å². The third-order valence-corrected chi connectivity index (χ3v) is 6.74. The maximum Gasteiger partial charge on any atom is 0.254 e. The van der Waals surface area contributed by atoms with Crippen LogP contribution in [-0.2, 0) is 6.54 Å². The van der Waals surface area contributed by atoms with Gasteiger partial charge in [0.1, 0.15) is 0 Å². The highest BCUT2D eigenvalue weighted by molar-refractivity contribution is 7.99. The monoisotopic (exact) mass is 410 g/mol. The van der Waals surface area contributed by atoms with Crippen molar-refractivity contribution in [3.63, 3.8) is 0 Å². The zero-order chi connectivity index (χ0) is 21.1. The van der Waals surface area contributed by atoms with Gasteiger partial charge in [0.15, 0.2) is 5.78 Å². The van der Waals surface area contributed by atoms with Crippen molar-refractivity contribution in [2.45, 2.75) is 41.2 Å². The van der Waals surface area contributed by atoms with Gasteiger partial charge in [-0.25, -0.2) is 0 Å². The Bertz CT molecular complexity index is 946. The van der Waals surface area contributed by atoms with Gasteiger partial charge in [0, 0.05) is 48.0 Å². The van der Waals surface area contributed by atoms with E-state index in [1.807, 2.05) is 55.6 Å². The van der Waals surface area contributed by atoms with Gasteiger partial charge >= 0.3 is 0 Å². The van der Waals surface area contributed by atoms with Gasteiger partial charge in [-0.1, -0.05) is 12.1 Å². The SMILES string of the molecule is CC(=O)c1c(C)cc(C)c(CNc2cccc(C(=O)N3CCSCC3)c2C)c1C. The number of hydrogen-bond donors (Lipinski definition) is 1. The van der Waals surface area contributed by atoms with Crippen molar-refractivity contribution in [1.82, 2.24) is 4.90 Å². The largest absolute Gasteiger partial charge is 0.381 e. The Morgan fingerprint density at radius 1 is 1.03 bits per heavy atom. The second-order valence-electron chi connectivity index (χ2n) is 7.78. The lowest BCUT2D eigenvalue weighted by Gasteiger charge is -2.27. The Kier molecular flexibility index (Phi) is 6.68. The van der Waals surface area contributed by atoms with Crippen molar-refractivity contribution >= 4 is 29.1 Å². The normalized spacial score (nSPS) is 14.0. The van der Waals surface area contributed by atoms with E-state index < -0.39 is 0 Å². The average Bonchev–Trinajstić information content (AvgIpc) is 2.68. The molecule has 2 aromatic carbocycles. The number of ketones is 1. The minimum Gasteiger partial charge on any atom is -0.381 e. The summed E-state index contributed by atoms with van der Waals surface area (Å²) in [5.41, 5.74) is 7.91. The molecule has 1 aliphatic rings. The van der Waals surface area contributed by atoms with E-state index in [-0.39, 0.29) is 11.7 Å². The number of rotatable bonds is 5. The van der Waals surface area contributed by atoms with Crippen LogP contribution in [0.15, 0.2) is 24.3 Å². The molecule has 1 fully saturated rings. The highest BCUT2D eigenvalue weighted by Crippen LogP contribution is 2.26. The number of nitrogens with zero attached hydrogens (tertiary/aromatic N) is 1. The molecule has 154 valence electrons. The summed E-state index contributed by atoms with van der Waals surface area (Å²) in [6, 6.07) is 7.96. The van der Waals surface area contributed by atoms with E-state index in [1.165, 1.54) is 5.56 Å². The first-order valence-electron chi connectivity index (χ1n) is 10.1. The van der Waals surface area contributed by atoms with Gasteiger partial charge in [-0.05, 0) is 74.6 Å². The van der Waals surface area contributed by atoms with Gasteiger partial charge in [-0.3, -0.25) is 9.59 Å². The second kappa shape index (κ2) is 9.04. The molecule has 0 unspecified atom stereocenters. The van der Waals surface area contributed by atoms with E-state index in [9.17, 15) is 9.59 Å². The van der Waals surface area contributed by atoms with Gasteiger partial charge in [-0.15, -0.1) is 0 Å². The van der Waals surface area contributed by atoms with Gasteiger partial charge < -0.3 is 10.2 Å². The Labute approximate surface area is 178 Å². The molecule has 0 spiro atoms. The maximum atomic E-state index is 13.0. The molecule has 1 N–H and O–H groups in total. The maximum absolute atomic E-state index is 13.0. The van der Waals surface area contributed by atoms with Crippen LogP contribution in [0.2, 0.25) is 0 Å². The van der Waals surface area contributed by atoms with E-state index >= 15 is 0 Å². The molecule has 0 atom stereocenters. The molecule has 1 amide bonds. The van der Waals surface area contributed by atoms with Crippen LogP contribution in [0.25, 0.3) is 0 Å². The number of benzene rings is 2. The smallest absolute Gasteiger partial charge is 0.254 e. The summed E-state index contributed by atoms with van der Waals surface area (Å²) in [5, 5.41) is 3.51. The van der Waals surface area contributed by atoms with Crippen molar-refractivity contribution in [1.29, 1.82) is 0 Å². The van der Waals surface area contributed by atoms with Crippen LogP contribution >= 0.6 is 11.8 Å². The molecule has 29 heavy (non-hydrogen) atoms. The average molecular weight is 411 g/mol. The number of Topliss-reactive ketones (excluding diaryl/α,β-unsaturated/α-hetero) is 1. The molecule has 0 aliphatic carbocycles. The van der Waals surface area contributed by atoms with Crippen molar-refractivity contribution in [2.75, 3.05) is 29.9 Å². The third-order valence-electron chi connectivity index (χ3n) is 5.80. The summed E-state index contributed by atoms with van der Waals surface area (Å²) in [4.78, 5) is 27.0. The topological polar surface area (TPSA) is 49.4 Å². The molecule has 2 aromatic rings. The number of hydrogen-bond acceptors (Lipinski definition) is 4. The summed E-state index contributed by atoms with van der Waals surface area (Å²) in [7, 11) is 0. The number of nitrogens with one attached hydrogen (secondary N) is 1. The Morgan fingerprint density at radius 3 is 2.38 bits per heavy atom. The molecule has 3 rings (SSSR count). The molecule has 1 aliphatic heterocycles. The zero-order valence-corrected chi connectivity index (χ0v) is 18.8. The van der Waals surface area contributed by atoms with E-state index in [2.05, 4.69) is 18.3 Å². The number of carbonyl (C=O) groups is 2. The fraction of sp³-hybridized carbons (Fsp3) is 0.417. The summed E-state index contributed by atoms with van der Waals surface area (Å²) in [5.74, 6) is 2.23. The first-order chi connectivity index (χ1) is 13.8. The first-order valence-corrected chi connectivity index (χ1v) is 11.3. The molecule has 0 radical (unpaired) electrons. The Morgan fingerprint density at radius 2 is 1.72 bits per heavy atom. The van der Waals surface area contributed by atoms with Crippen LogP contribution in [0.4, 0.5) is 5.69 Å². The lowest BCUT2D eigenvalue weighted by atomic mass is 9.91. The van der Waals surface area contributed by atoms with Crippen molar-refractivity contribution in [3.8, 4) is 0 Å². The highest BCUT2D eigenvalue weighted by atomic mass is 32.2. The van der Waals surface area contributed by atoms with Crippen LogP contribution < -0.4 is 5.32 Å². The van der Waals surface area contributed by atoms with E-state index in [0.29, 0.717) is 6.54 Å². The minimum absolute atomic E-state index is 0.102. The molecule has 0 bridgehead atoms. The molecule has 1 heterocycles. The van der Waals surface area contributed by atoms with Crippen molar-refractivity contribution < 1.29 is 9.59 Å². The molecule has 0 saturated carbocycles. The molecule has 1 saturated heterocycles. The summed E-state index contributed by atoms with van der Waals surface area (Å²) in [6.07, 6.45) is 0. The molecule has 5 heteroatoms. The van der Waals surface area contributed by atoms with Gasteiger partial charge in [0.05, 0.1) is 0 Å². The third kappa shape index (κ3) is 4.50. The predicted octanol–water partition coefficient (Wildman–Crippen LogP) is 4.92. The van der Waals surface area contributed by atoms with Gasteiger partial charge in [0.25, 0.3) is 5.91 Å². The summed E-state index contributed by atoms with van der Waals surface area (Å²) >= 11 is 1.90. The molecular formula is C24H30N2O2S. The molecular weight excluding hydrogens is 380 g/mol. The Balaban J connectivity index is 1.84. The molecule has 4 nitrogen and oxygen atoms in total. The van der Waals surface area contributed by atoms with E-state index in [4.69, 9.17) is 0 Å². The van der Waals surface area contributed by atoms with Crippen LogP contribution in [0, 0.1) is 27.7 Å². The van der Waals surface area contributed by atoms with Crippen LogP contribution in [0.3, 0.4) is 0 Å². The number of thioether (sulfide) groups is 1. The van der Waals surface area contributed by atoms with Crippen molar-refractivity contribution in [2.24, 2.45) is 0 Å². The fourth-order valence-corrected chi connectivity index (χ4v) is 5.12. The predicted molar refractivity (Wildman–Crippen MR) is 122 cm³/mol. The lowest BCUT2D eigenvalue weighted by molar-refractivity contribution is 0.0771. The van der Waals surface area contributed by atoms with Gasteiger partial charge in [-0.2, -0.15) is 11.8 Å². The van der Waals surface area contributed by atoms with Gasteiger partial charge in [0.2, 0.25) is 0 Å². The second-order valence-corrected chi connectivity index (χ2v) is 9.01. The first kappa shape index (κ1) is 21.4. The summed E-state index contributed by atoms with van der Waals surface area (Å²) in [6.45, 7) is 12.0. The number of anilines is 1. The standard InChI is InChI=1S/C24H30N2O2S/c1-15-13-16(2)23(19(5)27)18(4)21(15)14-25-22-8-6-7-20(17(22)3)24(28)26-9-11-29-12-10-26/h6-8,13,25H,9-12,14H2,1-5H3. The quantitative estimate of drug-likeness (QED) is 0.711. The van der Waals surface area contributed by atoms with E-state index in [1.54, 1.807) is 6.92 Å². The number of aryl methyl sites for hydroxylation is 2. The number of carbonyl (C=O) groups excluding carboxylic acids is 2.